The van der Waals surface area contributed by atoms with E-state index in [-0.39, 0.29) is 23.4 Å². The number of alkyl halides is 3. The Morgan fingerprint density at radius 1 is 1.23 bits per heavy atom. The number of amides is 2. The van der Waals surface area contributed by atoms with E-state index >= 15 is 0 Å². The van der Waals surface area contributed by atoms with Gasteiger partial charge in [-0.3, -0.25) is 14.5 Å². The van der Waals surface area contributed by atoms with Crippen LogP contribution in [0.1, 0.15) is 25.3 Å². The van der Waals surface area contributed by atoms with Crippen molar-refractivity contribution in [3.8, 4) is 0 Å². The van der Waals surface area contributed by atoms with Crippen LogP contribution in [0.15, 0.2) is 23.1 Å². The average Bonchev–Trinajstić information content (AvgIpc) is 3.00. The first-order chi connectivity index (χ1) is 14.3. The predicted octanol–water partition coefficient (Wildman–Crippen LogP) is 1.00. The monoisotopic (exact) mass is 462 g/mol. The highest BCUT2D eigenvalue weighted by Crippen LogP contribution is 2.34. The molecule has 0 aliphatic carbocycles. The number of rotatable bonds is 5. The number of nitrogens with zero attached hydrogens (tertiary/aromatic N) is 2. The largest absolute Gasteiger partial charge is 0.405 e. The Hall–Kier alpha value is -2.18. The van der Waals surface area contributed by atoms with Crippen molar-refractivity contribution in [2.75, 3.05) is 31.1 Å². The quantitative estimate of drug-likeness (QED) is 0.678. The molecule has 1 saturated heterocycles. The summed E-state index contributed by atoms with van der Waals surface area (Å²) in [6.45, 7) is 1.48. The summed E-state index contributed by atoms with van der Waals surface area (Å²) in [4.78, 5) is 28.3. The summed E-state index contributed by atoms with van der Waals surface area (Å²) >= 11 is 0. The second kappa shape index (κ2) is 8.75. The van der Waals surface area contributed by atoms with Gasteiger partial charge in [0.25, 0.3) is 0 Å². The van der Waals surface area contributed by atoms with E-state index in [4.69, 9.17) is 5.14 Å². The fraction of sp³-hybridized carbons (Fsp3) is 0.579. The van der Waals surface area contributed by atoms with Gasteiger partial charge in [-0.05, 0) is 63.0 Å². The van der Waals surface area contributed by atoms with E-state index in [0.29, 0.717) is 38.0 Å². The topological polar surface area (TPSA) is 113 Å². The lowest BCUT2D eigenvalue weighted by atomic mass is 9.96. The molecular weight excluding hydrogens is 437 g/mol. The maximum absolute atomic E-state index is 12.9. The summed E-state index contributed by atoms with van der Waals surface area (Å²) in [5.74, 6) is -1.28. The summed E-state index contributed by atoms with van der Waals surface area (Å²) in [5, 5.41) is 7.09. The van der Waals surface area contributed by atoms with E-state index in [1.807, 2.05) is 17.1 Å². The van der Waals surface area contributed by atoms with Crippen molar-refractivity contribution < 1.29 is 31.2 Å². The molecule has 1 unspecified atom stereocenters. The highest BCUT2D eigenvalue weighted by Gasteiger charge is 2.34. The van der Waals surface area contributed by atoms with Crippen molar-refractivity contribution in [2.24, 2.45) is 11.1 Å². The molecule has 2 amide bonds. The molecule has 0 radical (unpaired) electrons. The van der Waals surface area contributed by atoms with Crippen molar-refractivity contribution in [2.45, 2.75) is 43.3 Å². The van der Waals surface area contributed by atoms with Crippen LogP contribution in [-0.4, -0.2) is 63.5 Å². The third kappa shape index (κ3) is 5.74. The zero-order valence-electron chi connectivity index (χ0n) is 17.0. The standard InChI is InChI=1S/C19H25F3N4O4S/c1-12-8-14-9-15(31(23,29)30)2-3-16(14)26(12)17(27)10-25-6-4-13(5-7-25)18(28)24-11-19(20,21)22/h2-3,9,12-13H,4-8,10-11H2,1H3,(H,24,28)(H2,23,29,30). The van der Waals surface area contributed by atoms with E-state index in [2.05, 4.69) is 0 Å². The van der Waals surface area contributed by atoms with Gasteiger partial charge in [-0.2, -0.15) is 13.2 Å². The fourth-order valence-corrected chi connectivity index (χ4v) is 4.68. The molecule has 12 heteroatoms. The van der Waals surface area contributed by atoms with E-state index < -0.39 is 34.6 Å². The minimum Gasteiger partial charge on any atom is -0.347 e. The SMILES string of the molecule is CC1Cc2cc(S(N)(=O)=O)ccc2N1C(=O)CN1CCC(C(=O)NCC(F)(F)F)CC1. The number of anilines is 1. The van der Waals surface area contributed by atoms with Gasteiger partial charge in [-0.1, -0.05) is 0 Å². The van der Waals surface area contributed by atoms with Crippen molar-refractivity contribution in [3.05, 3.63) is 23.8 Å². The van der Waals surface area contributed by atoms with Crippen LogP contribution >= 0.6 is 0 Å². The number of primary sulfonamides is 1. The molecule has 8 nitrogen and oxygen atoms in total. The molecule has 1 fully saturated rings. The number of hydrogen-bond acceptors (Lipinski definition) is 5. The third-order valence-electron chi connectivity index (χ3n) is 5.64. The molecule has 1 aromatic rings. The number of fused-ring (bicyclic) bond motifs is 1. The van der Waals surface area contributed by atoms with Gasteiger partial charge < -0.3 is 10.2 Å². The number of likely N-dealkylation sites (tertiary alicyclic amines) is 1. The summed E-state index contributed by atoms with van der Waals surface area (Å²) in [6.07, 6.45) is -3.19. The smallest absolute Gasteiger partial charge is 0.347 e. The van der Waals surface area contributed by atoms with Gasteiger partial charge in [0, 0.05) is 17.6 Å². The van der Waals surface area contributed by atoms with Crippen molar-refractivity contribution in [3.63, 3.8) is 0 Å². The van der Waals surface area contributed by atoms with E-state index in [0.717, 1.165) is 5.56 Å². The van der Waals surface area contributed by atoms with Crippen LogP contribution in [0.2, 0.25) is 0 Å². The van der Waals surface area contributed by atoms with Crippen molar-refractivity contribution in [1.82, 2.24) is 10.2 Å². The van der Waals surface area contributed by atoms with E-state index in [9.17, 15) is 31.2 Å². The molecular formula is C19H25F3N4O4S. The first-order valence-corrected chi connectivity index (χ1v) is 11.4. The summed E-state index contributed by atoms with van der Waals surface area (Å²) < 4.78 is 59.9. The number of hydrogen-bond donors (Lipinski definition) is 2. The molecule has 31 heavy (non-hydrogen) atoms. The maximum atomic E-state index is 12.9. The van der Waals surface area contributed by atoms with Crippen LogP contribution in [0.3, 0.4) is 0 Å². The Balaban J connectivity index is 1.57. The summed E-state index contributed by atoms with van der Waals surface area (Å²) in [5.41, 5.74) is 1.37. The molecule has 172 valence electrons. The minimum atomic E-state index is -4.44. The Labute approximate surface area is 178 Å². The van der Waals surface area contributed by atoms with Crippen molar-refractivity contribution >= 4 is 27.5 Å². The third-order valence-corrected chi connectivity index (χ3v) is 6.56. The molecule has 0 spiro atoms. The molecule has 0 bridgehead atoms. The number of piperidine rings is 1. The molecule has 3 rings (SSSR count). The Morgan fingerprint density at radius 3 is 2.45 bits per heavy atom. The van der Waals surface area contributed by atoms with Gasteiger partial charge in [-0.25, -0.2) is 13.6 Å². The molecule has 0 aromatic heterocycles. The Bertz CT molecular complexity index is 959. The van der Waals surface area contributed by atoms with Gasteiger partial charge in [0.05, 0.1) is 11.4 Å². The zero-order valence-corrected chi connectivity index (χ0v) is 17.8. The molecule has 2 aliphatic rings. The molecule has 1 aromatic carbocycles. The first-order valence-electron chi connectivity index (χ1n) is 9.90. The Morgan fingerprint density at radius 2 is 1.87 bits per heavy atom. The van der Waals surface area contributed by atoms with Crippen LogP contribution in [0.5, 0.6) is 0 Å². The van der Waals surface area contributed by atoms with Gasteiger partial charge in [0.15, 0.2) is 0 Å². The van der Waals surface area contributed by atoms with Gasteiger partial charge in [-0.15, -0.1) is 0 Å². The van der Waals surface area contributed by atoms with Gasteiger partial charge in [0.2, 0.25) is 21.8 Å². The van der Waals surface area contributed by atoms with Crippen LogP contribution in [0, 0.1) is 5.92 Å². The predicted molar refractivity (Wildman–Crippen MR) is 107 cm³/mol. The van der Waals surface area contributed by atoms with E-state index in [1.54, 1.807) is 11.0 Å². The van der Waals surface area contributed by atoms with E-state index in [1.165, 1.54) is 12.1 Å². The number of benzene rings is 1. The Kier molecular flexibility index (Phi) is 6.63. The lowest BCUT2D eigenvalue weighted by Gasteiger charge is -2.33. The average molecular weight is 462 g/mol. The highest BCUT2D eigenvalue weighted by molar-refractivity contribution is 7.89. The second-order valence-electron chi connectivity index (χ2n) is 8.04. The normalized spacial score (nSPS) is 20.5. The summed E-state index contributed by atoms with van der Waals surface area (Å²) in [6, 6.07) is 4.29. The maximum Gasteiger partial charge on any atom is 0.405 e. The van der Waals surface area contributed by atoms with Gasteiger partial charge >= 0.3 is 6.18 Å². The number of nitrogens with two attached hydrogens (primary N) is 1. The fourth-order valence-electron chi connectivity index (χ4n) is 4.12. The van der Waals surface area contributed by atoms with Crippen LogP contribution in [-0.2, 0) is 26.0 Å². The molecule has 3 N–H and O–H groups in total. The number of sulfonamides is 1. The first kappa shape index (κ1) is 23.5. The lowest BCUT2D eigenvalue weighted by molar-refractivity contribution is -0.141. The molecule has 2 heterocycles. The number of halogens is 3. The number of carbonyl (C=O) groups excluding carboxylic acids is 2. The van der Waals surface area contributed by atoms with Crippen LogP contribution in [0.25, 0.3) is 0 Å². The molecule has 1 atom stereocenters. The molecule has 2 aliphatic heterocycles. The minimum absolute atomic E-state index is 0.00128. The second-order valence-corrected chi connectivity index (χ2v) is 9.60. The lowest BCUT2D eigenvalue weighted by Crippen LogP contribution is -2.47. The summed E-state index contributed by atoms with van der Waals surface area (Å²) in [7, 11) is -3.83. The van der Waals surface area contributed by atoms with Crippen LogP contribution < -0.4 is 15.4 Å². The highest BCUT2D eigenvalue weighted by atomic mass is 32.2. The van der Waals surface area contributed by atoms with Crippen molar-refractivity contribution in [1.29, 1.82) is 0 Å². The van der Waals surface area contributed by atoms with Crippen LogP contribution in [0.4, 0.5) is 18.9 Å². The zero-order chi connectivity index (χ0) is 23.0. The number of carbonyl (C=O) groups is 2. The number of nitrogens with one attached hydrogen (secondary N) is 1. The molecule has 0 saturated carbocycles. The van der Waals surface area contributed by atoms with Gasteiger partial charge in [0.1, 0.15) is 6.54 Å².